The molecule has 0 atom stereocenters. The second-order valence-electron chi connectivity index (χ2n) is 4.21. The second kappa shape index (κ2) is 4.73. The largest absolute Gasteiger partial charge is 0.384 e. The summed E-state index contributed by atoms with van der Waals surface area (Å²) in [7, 11) is -3.98. The molecule has 0 bridgehead atoms. The SMILES string of the molecule is Nc1ccc(-c2ccn(S(N)(=O)=O)c2C2=NN=N[NH2+]2)cn1. The molecule has 0 fully saturated rings. The second-order valence-corrected chi connectivity index (χ2v) is 5.63. The van der Waals surface area contributed by atoms with E-state index >= 15 is 0 Å². The normalized spacial score (nSPS) is 14.4. The van der Waals surface area contributed by atoms with Gasteiger partial charge in [0.25, 0.3) is 5.84 Å². The Bertz CT molecular complexity index is 850. The Morgan fingerprint density at radius 2 is 2.05 bits per heavy atom. The molecule has 2 aromatic heterocycles. The first-order valence-electron chi connectivity index (χ1n) is 5.75. The van der Waals surface area contributed by atoms with Gasteiger partial charge in [-0.15, -0.1) is 5.43 Å². The van der Waals surface area contributed by atoms with Crippen LogP contribution >= 0.6 is 0 Å². The minimum atomic E-state index is -3.98. The van der Waals surface area contributed by atoms with Gasteiger partial charge in [0.15, 0.2) is 5.69 Å². The fourth-order valence-corrected chi connectivity index (χ4v) is 2.64. The molecule has 3 heterocycles. The van der Waals surface area contributed by atoms with Crippen molar-refractivity contribution in [3.63, 3.8) is 0 Å². The molecule has 0 aliphatic carbocycles. The van der Waals surface area contributed by atoms with E-state index in [9.17, 15) is 8.42 Å². The predicted octanol–water partition coefficient (Wildman–Crippen LogP) is -1.21. The van der Waals surface area contributed by atoms with Gasteiger partial charge in [-0.25, -0.2) is 14.1 Å². The van der Waals surface area contributed by atoms with Crippen LogP contribution in [0.1, 0.15) is 5.69 Å². The Labute approximate surface area is 119 Å². The Balaban J connectivity index is 2.22. The molecule has 0 spiro atoms. The van der Waals surface area contributed by atoms with Gasteiger partial charge in [0.1, 0.15) is 5.82 Å². The minimum Gasteiger partial charge on any atom is -0.384 e. The maximum atomic E-state index is 11.7. The summed E-state index contributed by atoms with van der Waals surface area (Å²) in [5, 5.41) is 16.1. The molecule has 1 aliphatic heterocycles. The lowest BCUT2D eigenvalue weighted by Gasteiger charge is -2.06. The van der Waals surface area contributed by atoms with Crippen molar-refractivity contribution in [3.05, 3.63) is 36.3 Å². The third kappa shape index (κ3) is 2.40. The number of nitrogens with two attached hydrogens (primary N) is 3. The molecular weight excluding hydrogens is 296 g/mol. The molecule has 1 aliphatic rings. The van der Waals surface area contributed by atoms with Crippen molar-refractivity contribution in [2.75, 3.05) is 5.73 Å². The van der Waals surface area contributed by atoms with Crippen molar-refractivity contribution < 1.29 is 13.8 Å². The first kappa shape index (κ1) is 13.4. The van der Waals surface area contributed by atoms with Gasteiger partial charge in [0.2, 0.25) is 0 Å². The lowest BCUT2D eigenvalue weighted by Crippen LogP contribution is -2.81. The summed E-state index contributed by atoms with van der Waals surface area (Å²) in [5.41, 5.74) is 8.43. The summed E-state index contributed by atoms with van der Waals surface area (Å²) in [6.07, 6.45) is 2.87. The Hall–Kier alpha value is -2.63. The van der Waals surface area contributed by atoms with Crippen LogP contribution in [0.3, 0.4) is 0 Å². The van der Waals surface area contributed by atoms with Gasteiger partial charge in [0, 0.05) is 28.7 Å². The smallest absolute Gasteiger partial charge is 0.303 e. The third-order valence-electron chi connectivity index (χ3n) is 2.85. The van der Waals surface area contributed by atoms with Gasteiger partial charge in [-0.05, 0) is 18.2 Å². The van der Waals surface area contributed by atoms with E-state index in [0.29, 0.717) is 22.8 Å². The molecule has 21 heavy (non-hydrogen) atoms. The fraction of sp³-hybridized carbons (Fsp3) is 0. The van der Waals surface area contributed by atoms with E-state index in [2.05, 4.69) is 20.5 Å². The third-order valence-corrected chi connectivity index (χ3v) is 3.70. The predicted molar refractivity (Wildman–Crippen MR) is 73.9 cm³/mol. The van der Waals surface area contributed by atoms with Gasteiger partial charge < -0.3 is 5.73 Å². The molecule has 0 saturated heterocycles. The highest BCUT2D eigenvalue weighted by Gasteiger charge is 2.27. The molecular formula is C10H11N8O2S+. The van der Waals surface area contributed by atoms with Gasteiger partial charge in [-0.1, -0.05) is 5.10 Å². The van der Waals surface area contributed by atoms with Gasteiger partial charge in [-0.3, -0.25) is 0 Å². The molecule has 0 saturated carbocycles. The highest BCUT2D eigenvalue weighted by molar-refractivity contribution is 7.87. The Morgan fingerprint density at radius 1 is 1.24 bits per heavy atom. The van der Waals surface area contributed by atoms with Crippen LogP contribution in [0.4, 0.5) is 5.82 Å². The van der Waals surface area contributed by atoms with Crippen LogP contribution in [0.5, 0.6) is 0 Å². The average Bonchev–Trinajstić information content (AvgIpc) is 3.07. The molecule has 3 rings (SSSR count). The zero-order valence-electron chi connectivity index (χ0n) is 10.6. The highest BCUT2D eigenvalue weighted by Crippen LogP contribution is 2.25. The molecule has 2 aromatic rings. The van der Waals surface area contributed by atoms with Crippen molar-refractivity contribution >= 4 is 21.9 Å². The average molecular weight is 307 g/mol. The first-order chi connectivity index (χ1) is 9.97. The van der Waals surface area contributed by atoms with Crippen molar-refractivity contribution in [2.45, 2.75) is 0 Å². The molecule has 108 valence electrons. The number of pyridine rings is 1. The molecule has 0 amide bonds. The topological polar surface area (TPSA) is 158 Å². The van der Waals surface area contributed by atoms with Crippen LogP contribution in [0.15, 0.2) is 46.1 Å². The van der Waals surface area contributed by atoms with Crippen molar-refractivity contribution in [3.8, 4) is 11.1 Å². The number of rotatable bonds is 3. The van der Waals surface area contributed by atoms with E-state index in [1.165, 1.54) is 17.8 Å². The maximum absolute atomic E-state index is 11.7. The standard InChI is InChI=1S/C10H10N8O2S/c11-8-2-1-6(5-13-8)7-3-4-18(21(12,19)20)9(7)10-14-16-17-15-10/h1-5H,(H2,11,13)(H2,12,19,20)(H,14,15,16,17)/p+1. The quantitative estimate of drug-likeness (QED) is 0.607. The number of hydrogen-bond donors (Lipinski definition) is 3. The zero-order chi connectivity index (χ0) is 15.0. The number of quaternary nitrogens is 1. The number of aromatic nitrogens is 2. The summed E-state index contributed by atoms with van der Waals surface area (Å²) in [5.74, 6) is 0.654. The number of anilines is 1. The van der Waals surface area contributed by atoms with E-state index < -0.39 is 10.2 Å². The molecule has 6 N–H and O–H groups in total. The van der Waals surface area contributed by atoms with Crippen molar-refractivity contribution in [1.29, 1.82) is 0 Å². The van der Waals surface area contributed by atoms with E-state index in [-0.39, 0.29) is 5.69 Å². The molecule has 0 unspecified atom stereocenters. The number of amidine groups is 1. The lowest BCUT2D eigenvalue weighted by atomic mass is 10.1. The first-order valence-corrected chi connectivity index (χ1v) is 7.25. The van der Waals surface area contributed by atoms with Gasteiger partial charge in [0.05, 0.1) is 5.22 Å². The van der Waals surface area contributed by atoms with E-state index in [0.717, 1.165) is 3.97 Å². The van der Waals surface area contributed by atoms with Crippen LogP contribution in [0, 0.1) is 0 Å². The van der Waals surface area contributed by atoms with Crippen molar-refractivity contribution in [1.82, 2.24) is 8.96 Å². The fourth-order valence-electron chi connectivity index (χ4n) is 1.96. The van der Waals surface area contributed by atoms with Crippen LogP contribution in [0.25, 0.3) is 11.1 Å². The minimum absolute atomic E-state index is 0.272. The molecule has 0 aromatic carbocycles. The van der Waals surface area contributed by atoms with E-state index in [4.69, 9.17) is 10.9 Å². The molecule has 0 radical (unpaired) electrons. The van der Waals surface area contributed by atoms with Gasteiger partial charge >= 0.3 is 10.2 Å². The van der Waals surface area contributed by atoms with Crippen molar-refractivity contribution in [2.24, 2.45) is 20.7 Å². The summed E-state index contributed by atoms with van der Waals surface area (Å²) in [6, 6.07) is 4.93. The monoisotopic (exact) mass is 307 g/mol. The summed E-state index contributed by atoms with van der Waals surface area (Å²) in [6.45, 7) is 0. The lowest BCUT2D eigenvalue weighted by molar-refractivity contribution is -0.546. The Kier molecular flexibility index (Phi) is 3.01. The maximum Gasteiger partial charge on any atom is 0.303 e. The highest BCUT2D eigenvalue weighted by atomic mass is 32.2. The van der Waals surface area contributed by atoms with E-state index in [1.807, 2.05) is 0 Å². The summed E-state index contributed by atoms with van der Waals surface area (Å²) in [4.78, 5) is 3.99. The molecule has 11 heteroatoms. The summed E-state index contributed by atoms with van der Waals surface area (Å²) >= 11 is 0. The van der Waals surface area contributed by atoms with Crippen LogP contribution < -0.4 is 16.3 Å². The number of nitrogens with zero attached hydrogens (tertiary/aromatic N) is 5. The number of nitrogen functional groups attached to an aromatic ring is 1. The summed E-state index contributed by atoms with van der Waals surface area (Å²) < 4.78 is 24.3. The molecule has 10 nitrogen and oxygen atoms in total. The van der Waals surface area contributed by atoms with Gasteiger partial charge in [-0.2, -0.15) is 8.42 Å². The van der Waals surface area contributed by atoms with Crippen LogP contribution in [0.2, 0.25) is 0 Å². The zero-order valence-corrected chi connectivity index (χ0v) is 11.4. The Morgan fingerprint density at radius 3 is 2.62 bits per heavy atom. The van der Waals surface area contributed by atoms with E-state index in [1.54, 1.807) is 18.2 Å². The van der Waals surface area contributed by atoms with Crippen LogP contribution in [-0.4, -0.2) is 23.2 Å². The van der Waals surface area contributed by atoms with Crippen LogP contribution in [-0.2, 0) is 10.2 Å². The number of hydrogen-bond acceptors (Lipinski definition) is 7.